The van der Waals surface area contributed by atoms with Gasteiger partial charge in [0.05, 0.1) is 28.2 Å². The number of nitrogens with one attached hydrogen (secondary N) is 1. The largest absolute Gasteiger partial charge is 0.308 e. The second kappa shape index (κ2) is 8.19. The SMILES string of the molecule is O=S(=O)(CCCc1nc2c(s1)CCNC2Cc1ccc(Cl)cc1)CC1CC1. The predicted octanol–water partition coefficient (Wildman–Crippen LogP) is 3.98. The Hall–Kier alpha value is -0.950. The lowest BCUT2D eigenvalue weighted by molar-refractivity contribution is 0.495. The van der Waals surface area contributed by atoms with Gasteiger partial charge in [0.2, 0.25) is 0 Å². The van der Waals surface area contributed by atoms with Gasteiger partial charge in [-0.2, -0.15) is 0 Å². The molecule has 1 aromatic heterocycles. The molecule has 146 valence electrons. The van der Waals surface area contributed by atoms with E-state index in [1.165, 1.54) is 10.4 Å². The summed E-state index contributed by atoms with van der Waals surface area (Å²) in [6.45, 7) is 0.961. The maximum absolute atomic E-state index is 12.1. The second-order valence-corrected chi connectivity index (χ2v) is 11.5. The van der Waals surface area contributed by atoms with E-state index in [0.29, 0.717) is 23.8 Å². The quantitative estimate of drug-likeness (QED) is 0.696. The minimum Gasteiger partial charge on any atom is -0.308 e. The Bertz CT molecular complexity index is 889. The molecule has 1 N–H and O–H groups in total. The molecule has 0 spiro atoms. The van der Waals surface area contributed by atoms with Gasteiger partial charge in [0.1, 0.15) is 0 Å². The molecule has 0 bridgehead atoms. The molecule has 1 fully saturated rings. The molecule has 2 aliphatic rings. The van der Waals surface area contributed by atoms with Crippen LogP contribution in [-0.2, 0) is 29.1 Å². The minimum absolute atomic E-state index is 0.221. The molecule has 0 amide bonds. The zero-order valence-corrected chi connectivity index (χ0v) is 17.7. The highest BCUT2D eigenvalue weighted by Crippen LogP contribution is 2.32. The molecular formula is C20H25ClN2O2S2. The van der Waals surface area contributed by atoms with Gasteiger partial charge in [0.15, 0.2) is 9.84 Å². The highest BCUT2D eigenvalue weighted by Gasteiger charge is 2.28. The average Bonchev–Trinajstić information content (AvgIpc) is 3.32. The van der Waals surface area contributed by atoms with Crippen LogP contribution in [0.3, 0.4) is 0 Å². The van der Waals surface area contributed by atoms with Crippen LogP contribution in [0.4, 0.5) is 0 Å². The monoisotopic (exact) mass is 424 g/mol. The molecule has 0 radical (unpaired) electrons. The minimum atomic E-state index is -2.89. The van der Waals surface area contributed by atoms with Crippen LogP contribution in [0.1, 0.15) is 46.4 Å². The van der Waals surface area contributed by atoms with E-state index in [0.717, 1.165) is 54.4 Å². The summed E-state index contributed by atoms with van der Waals surface area (Å²) in [5, 5.41) is 5.40. The Morgan fingerprint density at radius 2 is 2.00 bits per heavy atom. The molecule has 27 heavy (non-hydrogen) atoms. The summed E-state index contributed by atoms with van der Waals surface area (Å²) < 4.78 is 24.2. The van der Waals surface area contributed by atoms with Crippen molar-refractivity contribution in [3.05, 3.63) is 50.4 Å². The van der Waals surface area contributed by atoms with E-state index in [-0.39, 0.29) is 6.04 Å². The van der Waals surface area contributed by atoms with Crippen molar-refractivity contribution in [2.24, 2.45) is 5.92 Å². The average molecular weight is 425 g/mol. The number of halogens is 1. The fourth-order valence-corrected chi connectivity index (χ4v) is 6.72. The number of aromatic nitrogens is 1. The van der Waals surface area contributed by atoms with Crippen molar-refractivity contribution in [1.82, 2.24) is 10.3 Å². The Morgan fingerprint density at radius 1 is 1.22 bits per heavy atom. The van der Waals surface area contributed by atoms with Crippen LogP contribution >= 0.6 is 22.9 Å². The summed E-state index contributed by atoms with van der Waals surface area (Å²) in [6, 6.07) is 8.20. The number of aryl methyl sites for hydroxylation is 1. The molecular weight excluding hydrogens is 400 g/mol. The van der Waals surface area contributed by atoms with Crippen LogP contribution in [-0.4, -0.2) is 31.5 Å². The summed E-state index contributed by atoms with van der Waals surface area (Å²) in [5.74, 6) is 1.11. The van der Waals surface area contributed by atoms with Gasteiger partial charge in [-0.15, -0.1) is 11.3 Å². The fraction of sp³-hybridized carbons (Fsp3) is 0.550. The van der Waals surface area contributed by atoms with Crippen LogP contribution in [0.15, 0.2) is 24.3 Å². The highest BCUT2D eigenvalue weighted by atomic mass is 35.5. The van der Waals surface area contributed by atoms with Crippen molar-refractivity contribution in [1.29, 1.82) is 0 Å². The summed E-state index contributed by atoms with van der Waals surface area (Å²) in [4.78, 5) is 6.22. The molecule has 4 rings (SSSR count). The molecule has 1 aliphatic heterocycles. The van der Waals surface area contributed by atoms with E-state index in [4.69, 9.17) is 16.6 Å². The summed E-state index contributed by atoms with van der Waals surface area (Å²) in [6.07, 6.45) is 5.50. The molecule has 1 saturated carbocycles. The van der Waals surface area contributed by atoms with E-state index in [2.05, 4.69) is 17.4 Å². The second-order valence-electron chi connectivity index (χ2n) is 7.66. The van der Waals surface area contributed by atoms with E-state index in [1.54, 1.807) is 11.3 Å². The van der Waals surface area contributed by atoms with E-state index in [1.807, 2.05) is 12.1 Å². The first-order valence-electron chi connectivity index (χ1n) is 9.65. The molecule has 2 aromatic rings. The Kier molecular flexibility index (Phi) is 5.88. The van der Waals surface area contributed by atoms with Crippen molar-refractivity contribution in [2.75, 3.05) is 18.1 Å². The lowest BCUT2D eigenvalue weighted by atomic mass is 9.99. The third-order valence-electron chi connectivity index (χ3n) is 5.23. The number of hydrogen-bond donors (Lipinski definition) is 1. The van der Waals surface area contributed by atoms with Crippen LogP contribution in [0.2, 0.25) is 5.02 Å². The smallest absolute Gasteiger partial charge is 0.150 e. The number of benzene rings is 1. The van der Waals surface area contributed by atoms with Crippen molar-refractivity contribution < 1.29 is 8.42 Å². The molecule has 1 aliphatic carbocycles. The molecule has 1 atom stereocenters. The fourth-order valence-electron chi connectivity index (χ4n) is 3.62. The third-order valence-corrected chi connectivity index (χ3v) is 8.56. The van der Waals surface area contributed by atoms with Crippen molar-refractivity contribution in [3.63, 3.8) is 0 Å². The van der Waals surface area contributed by atoms with Gasteiger partial charge in [0, 0.05) is 22.9 Å². The Labute approximate surface area is 170 Å². The first-order chi connectivity index (χ1) is 13.0. The van der Waals surface area contributed by atoms with Gasteiger partial charge in [-0.1, -0.05) is 23.7 Å². The van der Waals surface area contributed by atoms with Crippen molar-refractivity contribution in [3.8, 4) is 0 Å². The van der Waals surface area contributed by atoms with Gasteiger partial charge in [-0.25, -0.2) is 13.4 Å². The number of nitrogens with zero attached hydrogens (tertiary/aromatic N) is 1. The van der Waals surface area contributed by atoms with Crippen LogP contribution < -0.4 is 5.32 Å². The number of hydrogen-bond acceptors (Lipinski definition) is 5. The number of rotatable bonds is 8. The van der Waals surface area contributed by atoms with Crippen molar-refractivity contribution in [2.45, 2.75) is 44.6 Å². The maximum Gasteiger partial charge on any atom is 0.150 e. The van der Waals surface area contributed by atoms with Crippen LogP contribution in [0.25, 0.3) is 0 Å². The van der Waals surface area contributed by atoms with Crippen LogP contribution in [0.5, 0.6) is 0 Å². The molecule has 1 aromatic carbocycles. The topological polar surface area (TPSA) is 59.1 Å². The number of fused-ring (bicyclic) bond motifs is 1. The van der Waals surface area contributed by atoms with Gasteiger partial charge < -0.3 is 5.32 Å². The molecule has 4 nitrogen and oxygen atoms in total. The zero-order valence-electron chi connectivity index (χ0n) is 15.3. The van der Waals surface area contributed by atoms with Crippen molar-refractivity contribution >= 4 is 32.8 Å². The Morgan fingerprint density at radius 3 is 2.74 bits per heavy atom. The van der Waals surface area contributed by atoms with E-state index in [9.17, 15) is 8.42 Å². The standard InChI is InChI=1S/C20H25ClN2O2S2/c21-16-7-5-14(6-8-16)12-17-20-18(9-10-22-17)26-19(23-20)2-1-11-27(24,25)13-15-3-4-15/h5-8,15,17,22H,1-4,9-13H2. The normalized spacial score (nSPS) is 19.8. The molecule has 1 unspecified atom stereocenters. The summed E-state index contributed by atoms with van der Waals surface area (Å²) >= 11 is 7.74. The third kappa shape index (κ3) is 5.31. The summed E-state index contributed by atoms with van der Waals surface area (Å²) in [5.41, 5.74) is 2.39. The van der Waals surface area contributed by atoms with E-state index < -0.39 is 9.84 Å². The Balaban J connectivity index is 1.37. The maximum atomic E-state index is 12.1. The predicted molar refractivity (Wildman–Crippen MR) is 111 cm³/mol. The molecule has 7 heteroatoms. The number of sulfone groups is 1. The lowest BCUT2D eigenvalue weighted by Gasteiger charge is -2.23. The lowest BCUT2D eigenvalue weighted by Crippen LogP contribution is -2.30. The molecule has 2 heterocycles. The molecule has 0 saturated heterocycles. The van der Waals surface area contributed by atoms with E-state index >= 15 is 0 Å². The van der Waals surface area contributed by atoms with Gasteiger partial charge in [0.25, 0.3) is 0 Å². The van der Waals surface area contributed by atoms with Gasteiger partial charge in [-0.05, 0) is 55.7 Å². The summed E-state index contributed by atoms with van der Waals surface area (Å²) in [7, 11) is -2.89. The van der Waals surface area contributed by atoms with Gasteiger partial charge >= 0.3 is 0 Å². The number of thiazole rings is 1. The van der Waals surface area contributed by atoms with Gasteiger partial charge in [-0.3, -0.25) is 0 Å². The first kappa shape index (κ1) is 19.4. The zero-order chi connectivity index (χ0) is 18.9. The first-order valence-corrected chi connectivity index (χ1v) is 12.7. The highest BCUT2D eigenvalue weighted by molar-refractivity contribution is 7.91. The van der Waals surface area contributed by atoms with Crippen LogP contribution in [0, 0.1) is 5.92 Å².